The summed E-state index contributed by atoms with van der Waals surface area (Å²) in [5.41, 5.74) is 8.72. The molecule has 4 rings (SSSR count). The number of amides is 3. The molecule has 8 nitrogen and oxygen atoms in total. The Bertz CT molecular complexity index is 1160. The van der Waals surface area contributed by atoms with Crippen molar-refractivity contribution in [1.29, 1.82) is 0 Å². The number of nitrogens with zero attached hydrogens (tertiary/aromatic N) is 1. The third-order valence-electron chi connectivity index (χ3n) is 5.24. The van der Waals surface area contributed by atoms with Gasteiger partial charge in [-0.1, -0.05) is 12.1 Å². The summed E-state index contributed by atoms with van der Waals surface area (Å²) >= 11 is 1.40. The lowest BCUT2D eigenvalue weighted by Crippen LogP contribution is -2.38. The van der Waals surface area contributed by atoms with E-state index in [0.717, 1.165) is 10.4 Å². The molecule has 32 heavy (non-hydrogen) atoms. The SMILES string of the molecule is COc1ccc(NC(=O)N2CCc3cc(C(=O)Nc4ccccc4N)sc3C2)cc1OC. The number of nitrogens with one attached hydrogen (secondary N) is 2. The Morgan fingerprint density at radius 2 is 1.81 bits per heavy atom. The van der Waals surface area contributed by atoms with Crippen molar-refractivity contribution in [3.63, 3.8) is 0 Å². The van der Waals surface area contributed by atoms with Gasteiger partial charge in [-0.25, -0.2) is 4.79 Å². The van der Waals surface area contributed by atoms with E-state index in [1.165, 1.54) is 11.3 Å². The van der Waals surface area contributed by atoms with Crippen molar-refractivity contribution in [3.05, 3.63) is 63.8 Å². The minimum absolute atomic E-state index is 0.205. The number of urea groups is 1. The van der Waals surface area contributed by atoms with Gasteiger partial charge in [-0.15, -0.1) is 11.3 Å². The van der Waals surface area contributed by atoms with Gasteiger partial charge in [0.05, 0.1) is 37.0 Å². The van der Waals surface area contributed by atoms with Crippen molar-refractivity contribution in [1.82, 2.24) is 4.90 Å². The molecule has 0 atom stereocenters. The fourth-order valence-corrected chi connectivity index (χ4v) is 4.64. The van der Waals surface area contributed by atoms with Crippen molar-refractivity contribution < 1.29 is 19.1 Å². The largest absolute Gasteiger partial charge is 0.493 e. The maximum absolute atomic E-state index is 12.8. The fourth-order valence-electron chi connectivity index (χ4n) is 3.52. The van der Waals surface area contributed by atoms with Crippen LogP contribution in [0, 0.1) is 0 Å². The number of methoxy groups -OCH3 is 2. The highest BCUT2D eigenvalue weighted by Crippen LogP contribution is 2.32. The van der Waals surface area contributed by atoms with Crippen LogP contribution in [0.2, 0.25) is 0 Å². The van der Waals surface area contributed by atoms with Crippen LogP contribution in [0.5, 0.6) is 11.5 Å². The average molecular weight is 453 g/mol. The number of para-hydroxylation sites is 2. The molecule has 2 heterocycles. The Labute approximate surface area is 189 Å². The van der Waals surface area contributed by atoms with Gasteiger partial charge in [0.2, 0.25) is 0 Å². The van der Waals surface area contributed by atoms with Gasteiger partial charge in [-0.3, -0.25) is 4.79 Å². The Hall–Kier alpha value is -3.72. The number of benzene rings is 2. The number of fused-ring (bicyclic) bond motifs is 1. The fraction of sp³-hybridized carbons (Fsp3) is 0.217. The van der Waals surface area contributed by atoms with Gasteiger partial charge >= 0.3 is 6.03 Å². The maximum Gasteiger partial charge on any atom is 0.322 e. The molecule has 1 aromatic heterocycles. The predicted octanol–water partition coefficient (Wildman–Crippen LogP) is 4.19. The number of anilines is 3. The Morgan fingerprint density at radius 1 is 1.03 bits per heavy atom. The highest BCUT2D eigenvalue weighted by atomic mass is 32.1. The zero-order chi connectivity index (χ0) is 22.7. The molecular formula is C23H24N4O4S. The lowest BCUT2D eigenvalue weighted by molar-refractivity contribution is 0.103. The van der Waals surface area contributed by atoms with Crippen LogP contribution >= 0.6 is 11.3 Å². The van der Waals surface area contributed by atoms with Gasteiger partial charge in [-0.05, 0) is 42.3 Å². The lowest BCUT2D eigenvalue weighted by atomic mass is 10.1. The van der Waals surface area contributed by atoms with E-state index in [1.807, 2.05) is 18.2 Å². The molecule has 0 saturated heterocycles. The standard InChI is InChI=1S/C23H24N4O4S/c1-30-18-8-7-15(12-19(18)31-2)25-23(29)27-10-9-14-11-20(32-21(14)13-27)22(28)26-17-6-4-3-5-16(17)24/h3-8,11-12H,9-10,13,24H2,1-2H3,(H,25,29)(H,26,28). The van der Waals surface area contributed by atoms with E-state index in [9.17, 15) is 9.59 Å². The molecule has 4 N–H and O–H groups in total. The second-order valence-electron chi connectivity index (χ2n) is 7.27. The van der Waals surface area contributed by atoms with E-state index in [0.29, 0.717) is 52.9 Å². The number of nitrogen functional groups attached to an aromatic ring is 1. The molecule has 0 fully saturated rings. The summed E-state index contributed by atoms with van der Waals surface area (Å²) in [5.74, 6) is 0.928. The molecule has 3 aromatic rings. The Kier molecular flexibility index (Phi) is 6.18. The first-order valence-electron chi connectivity index (χ1n) is 10.0. The van der Waals surface area contributed by atoms with Crippen molar-refractivity contribution in [2.45, 2.75) is 13.0 Å². The number of hydrogen-bond donors (Lipinski definition) is 3. The minimum Gasteiger partial charge on any atom is -0.493 e. The van der Waals surface area contributed by atoms with Crippen molar-refractivity contribution in [2.75, 3.05) is 37.1 Å². The van der Waals surface area contributed by atoms with Crippen molar-refractivity contribution in [3.8, 4) is 11.5 Å². The molecule has 9 heteroatoms. The average Bonchev–Trinajstić information content (AvgIpc) is 3.24. The molecule has 0 radical (unpaired) electrons. The molecule has 2 aromatic carbocycles. The van der Waals surface area contributed by atoms with E-state index >= 15 is 0 Å². The Balaban J connectivity index is 1.42. The normalized spacial score (nSPS) is 12.6. The Morgan fingerprint density at radius 3 is 2.56 bits per heavy atom. The molecule has 1 aliphatic rings. The molecule has 166 valence electrons. The number of nitrogens with two attached hydrogens (primary N) is 1. The van der Waals surface area contributed by atoms with Gasteiger partial charge in [0, 0.05) is 23.2 Å². The summed E-state index contributed by atoms with van der Waals surface area (Å²) in [7, 11) is 3.11. The highest BCUT2D eigenvalue weighted by Gasteiger charge is 2.25. The van der Waals surface area contributed by atoms with Crippen molar-refractivity contribution >= 4 is 40.3 Å². The zero-order valence-corrected chi connectivity index (χ0v) is 18.6. The van der Waals surface area contributed by atoms with Gasteiger partial charge in [0.15, 0.2) is 11.5 Å². The second kappa shape index (κ2) is 9.19. The van der Waals surface area contributed by atoms with Crippen molar-refractivity contribution in [2.24, 2.45) is 0 Å². The van der Waals surface area contributed by atoms with Gasteiger partial charge < -0.3 is 30.7 Å². The van der Waals surface area contributed by atoms with E-state index in [4.69, 9.17) is 15.2 Å². The highest BCUT2D eigenvalue weighted by molar-refractivity contribution is 7.14. The molecule has 0 spiro atoms. The summed E-state index contributed by atoms with van der Waals surface area (Å²) in [4.78, 5) is 28.8. The molecular weight excluding hydrogens is 428 g/mol. The van der Waals surface area contributed by atoms with Crippen LogP contribution in [0.3, 0.4) is 0 Å². The van der Waals surface area contributed by atoms with E-state index < -0.39 is 0 Å². The molecule has 0 unspecified atom stereocenters. The molecule has 0 aliphatic carbocycles. The van der Waals surface area contributed by atoms with Crippen LogP contribution in [0.15, 0.2) is 48.5 Å². The topological polar surface area (TPSA) is 106 Å². The summed E-state index contributed by atoms with van der Waals surface area (Å²) in [6.07, 6.45) is 0.686. The van der Waals surface area contributed by atoms with Crippen LogP contribution in [0.1, 0.15) is 20.1 Å². The lowest BCUT2D eigenvalue weighted by Gasteiger charge is -2.27. The smallest absolute Gasteiger partial charge is 0.322 e. The number of thiophene rings is 1. The third-order valence-corrected chi connectivity index (χ3v) is 6.40. The maximum atomic E-state index is 12.8. The summed E-state index contributed by atoms with van der Waals surface area (Å²) < 4.78 is 10.5. The molecule has 3 amide bonds. The number of rotatable bonds is 5. The minimum atomic E-state index is -0.209. The van der Waals surface area contributed by atoms with Crippen LogP contribution in [-0.2, 0) is 13.0 Å². The molecule has 1 aliphatic heterocycles. The van der Waals surface area contributed by atoms with Crippen LogP contribution in [0.4, 0.5) is 21.9 Å². The zero-order valence-electron chi connectivity index (χ0n) is 17.8. The number of ether oxygens (including phenoxy) is 2. The summed E-state index contributed by atoms with van der Waals surface area (Å²) in [6, 6.07) is 14.1. The quantitative estimate of drug-likeness (QED) is 0.504. The molecule has 0 saturated carbocycles. The van der Waals surface area contributed by atoms with Crippen LogP contribution in [0.25, 0.3) is 0 Å². The van der Waals surface area contributed by atoms with Crippen LogP contribution in [-0.4, -0.2) is 37.6 Å². The van der Waals surface area contributed by atoms with Crippen LogP contribution < -0.4 is 25.8 Å². The number of hydrogen-bond acceptors (Lipinski definition) is 6. The monoisotopic (exact) mass is 452 g/mol. The van der Waals surface area contributed by atoms with Gasteiger partial charge in [-0.2, -0.15) is 0 Å². The first-order valence-corrected chi connectivity index (χ1v) is 10.9. The number of carbonyl (C=O) groups is 2. The first kappa shape index (κ1) is 21.5. The van der Waals surface area contributed by atoms with E-state index in [1.54, 1.807) is 49.5 Å². The summed E-state index contributed by atoms with van der Waals surface area (Å²) in [6.45, 7) is 1.01. The third kappa shape index (κ3) is 4.47. The summed E-state index contributed by atoms with van der Waals surface area (Å²) in [5, 5.41) is 5.75. The van der Waals surface area contributed by atoms with Gasteiger partial charge in [0.1, 0.15) is 0 Å². The molecule has 0 bridgehead atoms. The van der Waals surface area contributed by atoms with Gasteiger partial charge in [0.25, 0.3) is 5.91 Å². The number of carbonyl (C=O) groups excluding carboxylic acids is 2. The second-order valence-corrected chi connectivity index (χ2v) is 8.41. The predicted molar refractivity (Wildman–Crippen MR) is 126 cm³/mol. The van der Waals surface area contributed by atoms with E-state index in [-0.39, 0.29) is 11.9 Å². The van der Waals surface area contributed by atoms with E-state index in [2.05, 4.69) is 10.6 Å². The first-order chi connectivity index (χ1) is 15.5.